The van der Waals surface area contributed by atoms with E-state index in [0.29, 0.717) is 13.2 Å². The number of nitrogens with zero attached hydrogens (tertiary/aromatic N) is 1. The molecular weight excluding hydrogens is 284 g/mol. The van der Waals surface area contributed by atoms with Crippen molar-refractivity contribution in [3.8, 4) is 0 Å². The van der Waals surface area contributed by atoms with E-state index in [9.17, 15) is 4.79 Å². The largest absolute Gasteiger partial charge is 0.379 e. The molecule has 1 saturated heterocycles. The van der Waals surface area contributed by atoms with Crippen LogP contribution in [0.25, 0.3) is 0 Å². The van der Waals surface area contributed by atoms with E-state index in [-0.39, 0.29) is 23.9 Å². The van der Waals surface area contributed by atoms with E-state index >= 15 is 0 Å². The molecule has 4 nitrogen and oxygen atoms in total. The molecule has 0 saturated carbocycles. The number of hydrogen-bond donors (Lipinski definition) is 1. The van der Waals surface area contributed by atoms with E-state index in [4.69, 9.17) is 4.74 Å². The average Bonchev–Trinajstić information content (AvgIpc) is 3.14. The molecule has 0 radical (unpaired) electrons. The van der Waals surface area contributed by atoms with Gasteiger partial charge in [0.1, 0.15) is 0 Å². The number of ether oxygens (including phenoxy) is 1. The molecule has 0 spiro atoms. The number of carbonyl (C=O) groups excluding carboxylic acids is 1. The number of rotatable bonds is 4. The molecule has 116 valence electrons. The monoisotopic (exact) mass is 308 g/mol. The Balaban J connectivity index is 1.78. The van der Waals surface area contributed by atoms with E-state index in [1.807, 2.05) is 11.3 Å². The standard InChI is InChI=1S/C16H24N2O2S/c1-3-14-11-6-8-21-15(11)5-7-18(14)16(19)12-9-20-10-13(12)17-4-2/h6,8,12-14,17H,3-5,7,9-10H2,1-2H3. The fourth-order valence-electron chi connectivity index (χ4n) is 3.57. The van der Waals surface area contributed by atoms with Gasteiger partial charge in [-0.25, -0.2) is 0 Å². The summed E-state index contributed by atoms with van der Waals surface area (Å²) in [6.07, 6.45) is 1.98. The van der Waals surface area contributed by atoms with E-state index in [0.717, 1.165) is 25.9 Å². The van der Waals surface area contributed by atoms with Crippen LogP contribution in [0.3, 0.4) is 0 Å². The van der Waals surface area contributed by atoms with E-state index in [1.54, 1.807) is 0 Å². The molecule has 2 aliphatic rings. The minimum absolute atomic E-state index is 0.0285. The van der Waals surface area contributed by atoms with Crippen LogP contribution in [0.5, 0.6) is 0 Å². The minimum atomic E-state index is -0.0285. The van der Waals surface area contributed by atoms with E-state index in [1.165, 1.54) is 10.4 Å². The molecule has 0 aliphatic carbocycles. The highest BCUT2D eigenvalue weighted by Gasteiger charge is 2.39. The quantitative estimate of drug-likeness (QED) is 0.927. The Labute approximate surface area is 130 Å². The first-order chi connectivity index (χ1) is 10.3. The summed E-state index contributed by atoms with van der Waals surface area (Å²) in [5.41, 5.74) is 1.36. The number of amides is 1. The molecule has 3 unspecified atom stereocenters. The number of thiophene rings is 1. The molecule has 5 heteroatoms. The molecular formula is C16H24N2O2S. The van der Waals surface area contributed by atoms with Crippen molar-refractivity contribution < 1.29 is 9.53 Å². The van der Waals surface area contributed by atoms with Gasteiger partial charge < -0.3 is 15.0 Å². The Morgan fingerprint density at radius 3 is 3.10 bits per heavy atom. The Morgan fingerprint density at radius 1 is 1.48 bits per heavy atom. The van der Waals surface area contributed by atoms with Gasteiger partial charge >= 0.3 is 0 Å². The molecule has 0 bridgehead atoms. The summed E-state index contributed by atoms with van der Waals surface area (Å²) in [6.45, 7) is 7.18. The Kier molecular flexibility index (Phi) is 4.62. The van der Waals surface area contributed by atoms with Gasteiger partial charge in [0.25, 0.3) is 0 Å². The van der Waals surface area contributed by atoms with Crippen LogP contribution in [0.4, 0.5) is 0 Å². The van der Waals surface area contributed by atoms with Crippen LogP contribution >= 0.6 is 11.3 Å². The SMILES string of the molecule is CCNC1COCC1C(=O)N1CCc2sccc2C1CC. The van der Waals surface area contributed by atoms with Crippen molar-refractivity contribution >= 4 is 17.2 Å². The molecule has 1 aromatic rings. The first kappa shape index (κ1) is 15.0. The van der Waals surface area contributed by atoms with Gasteiger partial charge in [-0.1, -0.05) is 13.8 Å². The molecule has 1 fully saturated rings. The first-order valence-corrected chi connectivity index (χ1v) is 8.82. The second-order valence-corrected chi connectivity index (χ2v) is 6.81. The predicted molar refractivity (Wildman–Crippen MR) is 84.5 cm³/mol. The zero-order valence-electron chi connectivity index (χ0n) is 12.8. The summed E-state index contributed by atoms with van der Waals surface area (Å²) < 4.78 is 5.55. The molecule has 1 N–H and O–H groups in total. The summed E-state index contributed by atoms with van der Waals surface area (Å²) in [4.78, 5) is 16.5. The molecule has 3 heterocycles. The highest BCUT2D eigenvalue weighted by Crippen LogP contribution is 2.36. The van der Waals surface area contributed by atoms with Crippen LogP contribution in [0.15, 0.2) is 11.4 Å². The number of likely N-dealkylation sites (N-methyl/N-ethyl adjacent to an activating group) is 1. The molecule has 3 rings (SSSR count). The van der Waals surface area contributed by atoms with Crippen molar-refractivity contribution in [3.63, 3.8) is 0 Å². The van der Waals surface area contributed by atoms with E-state index in [2.05, 4.69) is 35.5 Å². The van der Waals surface area contributed by atoms with Gasteiger partial charge in [-0.15, -0.1) is 11.3 Å². The smallest absolute Gasteiger partial charge is 0.230 e. The topological polar surface area (TPSA) is 41.6 Å². The third-order valence-corrected chi connectivity index (χ3v) is 5.63. The fourth-order valence-corrected chi connectivity index (χ4v) is 4.50. The Hall–Kier alpha value is -0.910. The zero-order valence-corrected chi connectivity index (χ0v) is 13.6. The molecule has 1 aromatic heterocycles. The Bertz CT molecular complexity index is 502. The third-order valence-electron chi connectivity index (χ3n) is 4.63. The van der Waals surface area contributed by atoms with Gasteiger partial charge in [0, 0.05) is 17.5 Å². The minimum Gasteiger partial charge on any atom is -0.379 e. The second-order valence-electron chi connectivity index (χ2n) is 5.81. The van der Waals surface area contributed by atoms with Gasteiger partial charge in [0.2, 0.25) is 5.91 Å². The molecule has 1 amide bonds. The summed E-state index contributed by atoms with van der Waals surface area (Å²) >= 11 is 1.82. The van der Waals surface area contributed by atoms with Crippen LogP contribution in [0.2, 0.25) is 0 Å². The molecule has 0 aromatic carbocycles. The maximum Gasteiger partial charge on any atom is 0.230 e. The van der Waals surface area contributed by atoms with Crippen LogP contribution < -0.4 is 5.32 Å². The molecule has 3 atom stereocenters. The summed E-state index contributed by atoms with van der Waals surface area (Å²) in [7, 11) is 0. The lowest BCUT2D eigenvalue weighted by Crippen LogP contribution is -2.48. The predicted octanol–water partition coefficient (Wildman–Crippen LogP) is 2.21. The number of nitrogens with one attached hydrogen (secondary N) is 1. The lowest BCUT2D eigenvalue weighted by Gasteiger charge is -2.37. The Morgan fingerprint density at radius 2 is 2.33 bits per heavy atom. The van der Waals surface area contributed by atoms with Gasteiger partial charge in [0.05, 0.1) is 25.2 Å². The van der Waals surface area contributed by atoms with Gasteiger partial charge in [-0.2, -0.15) is 0 Å². The van der Waals surface area contributed by atoms with Crippen molar-refractivity contribution in [2.75, 3.05) is 26.3 Å². The summed E-state index contributed by atoms with van der Waals surface area (Å²) in [5.74, 6) is 0.237. The van der Waals surface area contributed by atoms with Gasteiger partial charge in [-0.05, 0) is 36.4 Å². The highest BCUT2D eigenvalue weighted by atomic mass is 32.1. The number of carbonyl (C=O) groups is 1. The van der Waals surface area contributed by atoms with Crippen molar-refractivity contribution in [1.29, 1.82) is 0 Å². The van der Waals surface area contributed by atoms with Gasteiger partial charge in [0.15, 0.2) is 0 Å². The maximum atomic E-state index is 13.0. The van der Waals surface area contributed by atoms with Crippen LogP contribution in [-0.4, -0.2) is 43.2 Å². The zero-order chi connectivity index (χ0) is 14.8. The lowest BCUT2D eigenvalue weighted by atomic mass is 9.94. The molecule has 2 aliphatic heterocycles. The third kappa shape index (κ3) is 2.74. The molecule has 21 heavy (non-hydrogen) atoms. The number of hydrogen-bond acceptors (Lipinski definition) is 4. The van der Waals surface area contributed by atoms with Gasteiger partial charge in [-0.3, -0.25) is 4.79 Å². The van der Waals surface area contributed by atoms with Crippen molar-refractivity contribution in [3.05, 3.63) is 21.9 Å². The normalized spacial score (nSPS) is 28.7. The number of fused-ring (bicyclic) bond motifs is 1. The summed E-state index contributed by atoms with van der Waals surface area (Å²) in [5, 5.41) is 5.55. The van der Waals surface area contributed by atoms with Crippen LogP contribution in [0.1, 0.15) is 36.8 Å². The average molecular weight is 308 g/mol. The second kappa shape index (κ2) is 6.46. The van der Waals surface area contributed by atoms with Crippen LogP contribution in [0, 0.1) is 5.92 Å². The van der Waals surface area contributed by atoms with Crippen molar-refractivity contribution in [1.82, 2.24) is 10.2 Å². The van der Waals surface area contributed by atoms with Crippen LogP contribution in [-0.2, 0) is 16.0 Å². The van der Waals surface area contributed by atoms with Crippen molar-refractivity contribution in [2.45, 2.75) is 38.8 Å². The first-order valence-electron chi connectivity index (χ1n) is 7.94. The lowest BCUT2D eigenvalue weighted by molar-refractivity contribution is -0.139. The summed E-state index contributed by atoms with van der Waals surface area (Å²) in [6, 6.07) is 2.61. The van der Waals surface area contributed by atoms with Crippen molar-refractivity contribution in [2.24, 2.45) is 5.92 Å². The fraction of sp³-hybridized carbons (Fsp3) is 0.688. The van der Waals surface area contributed by atoms with E-state index < -0.39 is 0 Å². The maximum absolute atomic E-state index is 13.0. The highest BCUT2D eigenvalue weighted by molar-refractivity contribution is 7.10.